The van der Waals surface area contributed by atoms with Crippen LogP contribution < -0.4 is 4.74 Å². The predicted molar refractivity (Wildman–Crippen MR) is 176 cm³/mol. The zero-order valence-electron chi connectivity index (χ0n) is 26.6. The van der Waals surface area contributed by atoms with Gasteiger partial charge in [-0.25, -0.2) is 0 Å². The average Bonchev–Trinajstić information content (AvgIpc) is 3.57. The number of rotatable bonds is 11. The minimum absolute atomic E-state index is 0.0840. The number of ether oxygens (including phenoxy) is 4. The largest absolute Gasteiger partial charge is 0.497 e. The van der Waals surface area contributed by atoms with Crippen LogP contribution in [-0.4, -0.2) is 25.4 Å². The van der Waals surface area contributed by atoms with Gasteiger partial charge < -0.3 is 18.9 Å². The Balaban J connectivity index is 1.39. The summed E-state index contributed by atoms with van der Waals surface area (Å²) in [5.41, 5.74) is 10.7. The van der Waals surface area contributed by atoms with Crippen molar-refractivity contribution < 1.29 is 18.9 Å². The molecular formula is C40H46O4. The lowest BCUT2D eigenvalue weighted by molar-refractivity contribution is -0.235. The average molecular weight is 591 g/mol. The molecule has 1 fully saturated rings. The van der Waals surface area contributed by atoms with Crippen molar-refractivity contribution in [3.8, 4) is 5.75 Å². The van der Waals surface area contributed by atoms with Crippen LogP contribution >= 0.6 is 0 Å². The van der Waals surface area contributed by atoms with Crippen molar-refractivity contribution in [1.29, 1.82) is 0 Å². The van der Waals surface area contributed by atoms with Gasteiger partial charge in [-0.15, -0.1) is 0 Å². The predicted octanol–water partition coefficient (Wildman–Crippen LogP) is 8.74. The summed E-state index contributed by atoms with van der Waals surface area (Å²) in [5, 5.41) is 0. The Morgan fingerprint density at radius 1 is 0.750 bits per heavy atom. The minimum atomic E-state index is -0.238. The number of methoxy groups -OCH3 is 1. The molecule has 5 atom stereocenters. The van der Waals surface area contributed by atoms with E-state index in [4.69, 9.17) is 18.9 Å². The van der Waals surface area contributed by atoms with Gasteiger partial charge in [0.15, 0.2) is 0 Å². The highest BCUT2D eigenvalue weighted by Gasteiger charge is 2.46. The lowest BCUT2D eigenvalue weighted by atomic mass is 9.81. The second kappa shape index (κ2) is 14.1. The summed E-state index contributed by atoms with van der Waals surface area (Å²) >= 11 is 0. The van der Waals surface area contributed by atoms with E-state index in [9.17, 15) is 0 Å². The van der Waals surface area contributed by atoms with Gasteiger partial charge in [-0.3, -0.25) is 0 Å². The molecule has 6 rings (SSSR count). The first-order valence-corrected chi connectivity index (χ1v) is 16.3. The van der Waals surface area contributed by atoms with Gasteiger partial charge in [0.1, 0.15) is 18.0 Å². The van der Waals surface area contributed by atoms with Crippen LogP contribution in [-0.2, 0) is 46.7 Å². The van der Waals surface area contributed by atoms with Crippen molar-refractivity contribution in [3.05, 3.63) is 136 Å². The topological polar surface area (TPSA) is 36.9 Å². The Kier molecular flexibility index (Phi) is 9.81. The molecule has 4 heteroatoms. The van der Waals surface area contributed by atoms with E-state index in [1.165, 1.54) is 45.4 Å². The molecule has 4 aromatic rings. The zero-order chi connectivity index (χ0) is 30.5. The standard InChI is InChI=1S/C40H46O4/c1-5-37-28(3)38(42-25-30-13-8-6-9-14-30)40(43-26-31-15-10-7-11-16-31)39(44-37)36-24-32(27(2)34-17-12-18-35(34)36)23-29-19-21-33(41-4)22-20-29/h6-11,13-16,19-22,24,28,37-40H,5,12,17-18,23,25-26H2,1-4H3/t28-,37-,38+,39?,40-/m1/s1. The summed E-state index contributed by atoms with van der Waals surface area (Å²) in [6.45, 7) is 7.88. The smallest absolute Gasteiger partial charge is 0.118 e. The molecule has 230 valence electrons. The van der Waals surface area contributed by atoms with Crippen molar-refractivity contribution in [2.75, 3.05) is 7.11 Å². The number of benzene rings is 4. The van der Waals surface area contributed by atoms with Gasteiger partial charge in [0.2, 0.25) is 0 Å². The molecule has 0 amide bonds. The molecule has 1 saturated heterocycles. The third-order valence-electron chi connectivity index (χ3n) is 9.71. The Labute approximate surface area is 263 Å². The fourth-order valence-electron chi connectivity index (χ4n) is 7.21. The molecule has 0 N–H and O–H groups in total. The molecule has 4 nitrogen and oxygen atoms in total. The van der Waals surface area contributed by atoms with Crippen molar-refractivity contribution in [1.82, 2.24) is 0 Å². The Hall–Kier alpha value is -3.44. The van der Waals surface area contributed by atoms with Gasteiger partial charge in [0.25, 0.3) is 0 Å². The SMILES string of the molecule is CC[C@H]1OC(c2cc(Cc3ccc(OC)cc3)c(C)c3c2CCC3)[C@H](OCc2ccccc2)[C@@H](OCc2ccccc2)[C@@H]1C. The van der Waals surface area contributed by atoms with Gasteiger partial charge in [0.05, 0.1) is 32.5 Å². The summed E-state index contributed by atoms with van der Waals surface area (Å²) in [6, 6.07) is 31.8. The molecule has 1 aliphatic heterocycles. The van der Waals surface area contributed by atoms with Crippen LogP contribution in [0.4, 0.5) is 0 Å². The van der Waals surface area contributed by atoms with Crippen LogP contribution in [0.1, 0.15) is 77.3 Å². The van der Waals surface area contributed by atoms with Gasteiger partial charge in [-0.2, -0.15) is 0 Å². The molecule has 0 radical (unpaired) electrons. The summed E-state index contributed by atoms with van der Waals surface area (Å²) in [7, 11) is 1.72. The van der Waals surface area contributed by atoms with E-state index in [2.05, 4.69) is 112 Å². The van der Waals surface area contributed by atoms with E-state index in [0.29, 0.717) is 13.2 Å². The van der Waals surface area contributed by atoms with Crippen LogP contribution in [0.2, 0.25) is 0 Å². The molecule has 0 bridgehead atoms. The first kappa shape index (κ1) is 30.6. The van der Waals surface area contributed by atoms with Gasteiger partial charge in [-0.1, -0.05) is 92.7 Å². The molecule has 1 heterocycles. The molecule has 0 saturated carbocycles. The van der Waals surface area contributed by atoms with E-state index in [-0.39, 0.29) is 30.3 Å². The zero-order valence-corrected chi connectivity index (χ0v) is 26.6. The molecule has 1 aliphatic carbocycles. The van der Waals surface area contributed by atoms with Gasteiger partial charge >= 0.3 is 0 Å². The van der Waals surface area contributed by atoms with E-state index in [1.807, 2.05) is 0 Å². The van der Waals surface area contributed by atoms with Crippen LogP contribution in [0.5, 0.6) is 5.75 Å². The maximum Gasteiger partial charge on any atom is 0.118 e. The first-order chi connectivity index (χ1) is 21.6. The van der Waals surface area contributed by atoms with Crippen molar-refractivity contribution >= 4 is 0 Å². The number of hydrogen-bond donors (Lipinski definition) is 0. The highest BCUT2D eigenvalue weighted by Crippen LogP contribution is 2.44. The molecule has 0 spiro atoms. The maximum atomic E-state index is 7.10. The second-order valence-corrected chi connectivity index (χ2v) is 12.5. The normalized spacial score (nSPS) is 23.0. The molecule has 44 heavy (non-hydrogen) atoms. The maximum absolute atomic E-state index is 7.10. The highest BCUT2D eigenvalue weighted by atomic mass is 16.6. The number of fused-ring (bicyclic) bond motifs is 1. The Bertz CT molecular complexity index is 1500. The fraction of sp³-hybridized carbons (Fsp3) is 0.400. The lowest BCUT2D eigenvalue weighted by Gasteiger charge is -2.46. The lowest BCUT2D eigenvalue weighted by Crippen LogP contribution is -2.52. The molecule has 0 aromatic heterocycles. The van der Waals surface area contributed by atoms with Crippen molar-refractivity contribution in [3.63, 3.8) is 0 Å². The van der Waals surface area contributed by atoms with Crippen LogP contribution in [0.15, 0.2) is 91.0 Å². The van der Waals surface area contributed by atoms with E-state index in [1.54, 1.807) is 7.11 Å². The van der Waals surface area contributed by atoms with E-state index in [0.717, 1.165) is 37.0 Å². The van der Waals surface area contributed by atoms with E-state index < -0.39 is 0 Å². The third kappa shape index (κ3) is 6.63. The van der Waals surface area contributed by atoms with Gasteiger partial charge in [0, 0.05) is 5.92 Å². The fourth-order valence-corrected chi connectivity index (χ4v) is 7.21. The van der Waals surface area contributed by atoms with Crippen molar-refractivity contribution in [2.24, 2.45) is 5.92 Å². The van der Waals surface area contributed by atoms with Crippen LogP contribution in [0.3, 0.4) is 0 Å². The molecular weight excluding hydrogens is 544 g/mol. The van der Waals surface area contributed by atoms with Crippen LogP contribution in [0, 0.1) is 12.8 Å². The minimum Gasteiger partial charge on any atom is -0.497 e. The van der Waals surface area contributed by atoms with Crippen molar-refractivity contribution in [2.45, 2.75) is 90.5 Å². The second-order valence-electron chi connectivity index (χ2n) is 12.5. The van der Waals surface area contributed by atoms with Gasteiger partial charge in [-0.05, 0) is 95.7 Å². The molecule has 4 aromatic carbocycles. The first-order valence-electron chi connectivity index (χ1n) is 16.3. The van der Waals surface area contributed by atoms with E-state index >= 15 is 0 Å². The highest BCUT2D eigenvalue weighted by molar-refractivity contribution is 5.51. The molecule has 1 unspecified atom stereocenters. The summed E-state index contributed by atoms with van der Waals surface area (Å²) in [6.07, 6.45) is 4.72. The summed E-state index contributed by atoms with van der Waals surface area (Å²) in [4.78, 5) is 0. The summed E-state index contributed by atoms with van der Waals surface area (Å²) in [5.74, 6) is 1.08. The Morgan fingerprint density at radius 3 is 1.98 bits per heavy atom. The molecule has 2 aliphatic rings. The third-order valence-corrected chi connectivity index (χ3v) is 9.71. The van der Waals surface area contributed by atoms with Crippen LogP contribution in [0.25, 0.3) is 0 Å². The Morgan fingerprint density at radius 2 is 1.36 bits per heavy atom. The number of hydrogen-bond acceptors (Lipinski definition) is 4. The monoisotopic (exact) mass is 590 g/mol. The summed E-state index contributed by atoms with van der Waals surface area (Å²) < 4.78 is 26.3. The quantitative estimate of drug-likeness (QED) is 0.175.